The Morgan fingerprint density at radius 1 is 1.44 bits per heavy atom. The van der Waals surface area contributed by atoms with Gasteiger partial charge in [-0.25, -0.2) is 5.43 Å². The number of nitrogens with zero attached hydrogens (tertiary/aromatic N) is 1. The van der Waals surface area contributed by atoms with E-state index in [0.29, 0.717) is 0 Å². The summed E-state index contributed by atoms with van der Waals surface area (Å²) in [5.74, 6) is 0.124. The highest BCUT2D eigenvalue weighted by atomic mass is 16.2. The lowest BCUT2D eigenvalue weighted by atomic mass is 10.0. The fraction of sp³-hybridized carbons (Fsp3) is 0.750. The van der Waals surface area contributed by atoms with Crippen molar-refractivity contribution in [3.8, 4) is 0 Å². The Labute approximate surface area is 98.0 Å². The number of amides is 1. The van der Waals surface area contributed by atoms with E-state index in [1.54, 1.807) is 12.1 Å². The van der Waals surface area contributed by atoms with E-state index < -0.39 is 0 Å². The highest BCUT2D eigenvalue weighted by Crippen LogP contribution is 2.20. The molecule has 16 heavy (non-hydrogen) atoms. The first-order chi connectivity index (χ1) is 7.65. The number of nitrogens with one attached hydrogen (secondary N) is 2. The normalized spacial score (nSPS) is 21.4. The van der Waals surface area contributed by atoms with E-state index in [9.17, 15) is 4.79 Å². The van der Waals surface area contributed by atoms with Crippen LogP contribution < -0.4 is 10.7 Å². The number of allylic oxidation sites excluding steroid dienone is 1. The lowest BCUT2D eigenvalue weighted by Gasteiger charge is -2.37. The van der Waals surface area contributed by atoms with Crippen molar-refractivity contribution in [1.29, 1.82) is 0 Å². The molecule has 1 aliphatic heterocycles. The zero-order chi connectivity index (χ0) is 12.1. The predicted octanol–water partition coefficient (Wildman–Crippen LogP) is 1.75. The van der Waals surface area contributed by atoms with Crippen LogP contribution in [0.1, 0.15) is 46.5 Å². The third-order valence-electron chi connectivity index (χ3n) is 3.03. The van der Waals surface area contributed by atoms with Gasteiger partial charge in [-0.15, -0.1) is 0 Å². The highest BCUT2D eigenvalue weighted by Gasteiger charge is 2.30. The molecule has 0 aromatic rings. The summed E-state index contributed by atoms with van der Waals surface area (Å²) < 4.78 is 0. The van der Waals surface area contributed by atoms with Crippen LogP contribution in [0.5, 0.6) is 0 Å². The molecule has 0 spiro atoms. The minimum absolute atomic E-state index is 0.0721. The summed E-state index contributed by atoms with van der Waals surface area (Å²) in [6.45, 7) is 6.21. The van der Waals surface area contributed by atoms with Gasteiger partial charge in [0.15, 0.2) is 0 Å². The Hall–Kier alpha value is -1.03. The summed E-state index contributed by atoms with van der Waals surface area (Å²) in [6, 6.07) is 0. The number of carbonyl (C=O) groups excluding carboxylic acids is 1. The maximum Gasteiger partial charge on any atom is 0.267 e. The largest absolute Gasteiger partial charge is 0.367 e. The van der Waals surface area contributed by atoms with Gasteiger partial charge in [-0.3, -0.25) is 9.80 Å². The fourth-order valence-electron chi connectivity index (χ4n) is 2.04. The average molecular weight is 225 g/mol. The predicted molar refractivity (Wildman–Crippen MR) is 65.3 cm³/mol. The van der Waals surface area contributed by atoms with Crippen molar-refractivity contribution in [3.63, 3.8) is 0 Å². The van der Waals surface area contributed by atoms with Gasteiger partial charge in [0.2, 0.25) is 0 Å². The number of hydrogen-bond donors (Lipinski definition) is 2. The van der Waals surface area contributed by atoms with E-state index in [1.807, 2.05) is 6.92 Å². The molecule has 0 radical (unpaired) electrons. The molecule has 1 aliphatic rings. The van der Waals surface area contributed by atoms with Gasteiger partial charge >= 0.3 is 0 Å². The Kier molecular flexibility index (Phi) is 4.80. The van der Waals surface area contributed by atoms with Crippen molar-refractivity contribution >= 4 is 5.91 Å². The second kappa shape index (κ2) is 5.89. The Morgan fingerprint density at radius 2 is 2.12 bits per heavy atom. The first-order valence-electron chi connectivity index (χ1n) is 6.12. The third-order valence-corrected chi connectivity index (χ3v) is 3.03. The van der Waals surface area contributed by atoms with Crippen molar-refractivity contribution in [3.05, 3.63) is 11.3 Å². The van der Waals surface area contributed by atoms with Crippen molar-refractivity contribution in [2.24, 2.45) is 0 Å². The molecular formula is C12H23N3O. The van der Waals surface area contributed by atoms with E-state index in [2.05, 4.69) is 24.6 Å². The number of hydrazine groups is 1. The molecule has 0 saturated carbocycles. The SMILES string of the molecule is CCCCC1=C(C)NC(CC)N(NC)C1=O. The van der Waals surface area contributed by atoms with Gasteiger partial charge < -0.3 is 5.32 Å². The molecule has 1 amide bonds. The molecule has 0 saturated heterocycles. The molecule has 1 unspecified atom stereocenters. The zero-order valence-corrected chi connectivity index (χ0v) is 10.8. The highest BCUT2D eigenvalue weighted by molar-refractivity contribution is 5.94. The Balaban J connectivity index is 2.85. The molecule has 92 valence electrons. The Morgan fingerprint density at radius 3 is 2.62 bits per heavy atom. The molecule has 0 bridgehead atoms. The standard InChI is InChI=1S/C12H23N3O/c1-5-7-8-10-9(3)14-11(6-2)15(13-4)12(10)16/h11,13-14H,5-8H2,1-4H3. The molecule has 1 heterocycles. The molecule has 4 nitrogen and oxygen atoms in total. The van der Waals surface area contributed by atoms with E-state index in [0.717, 1.165) is 37.0 Å². The van der Waals surface area contributed by atoms with Gasteiger partial charge in [0.25, 0.3) is 5.91 Å². The molecule has 0 aromatic carbocycles. The van der Waals surface area contributed by atoms with Crippen LogP contribution in [0.3, 0.4) is 0 Å². The molecule has 2 N–H and O–H groups in total. The fourth-order valence-corrected chi connectivity index (χ4v) is 2.04. The number of hydrogen-bond acceptors (Lipinski definition) is 3. The van der Waals surface area contributed by atoms with E-state index in [4.69, 9.17) is 0 Å². The Bertz CT molecular complexity index is 286. The second-order valence-electron chi connectivity index (χ2n) is 4.17. The second-order valence-corrected chi connectivity index (χ2v) is 4.17. The number of rotatable bonds is 5. The van der Waals surface area contributed by atoms with Crippen molar-refractivity contribution < 1.29 is 4.79 Å². The lowest BCUT2D eigenvalue weighted by Crippen LogP contribution is -2.57. The zero-order valence-electron chi connectivity index (χ0n) is 10.8. The number of unbranched alkanes of at least 4 members (excludes halogenated alkanes) is 1. The van der Waals surface area contributed by atoms with Gasteiger partial charge in [-0.1, -0.05) is 20.3 Å². The van der Waals surface area contributed by atoms with Crippen LogP contribution in [-0.2, 0) is 4.79 Å². The molecule has 0 aliphatic carbocycles. The summed E-state index contributed by atoms with van der Waals surface area (Å²) >= 11 is 0. The van der Waals surface area contributed by atoms with Crippen LogP contribution in [-0.4, -0.2) is 24.1 Å². The van der Waals surface area contributed by atoms with Crippen LogP contribution in [0.4, 0.5) is 0 Å². The summed E-state index contributed by atoms with van der Waals surface area (Å²) in [6.07, 6.45) is 4.01. The summed E-state index contributed by atoms with van der Waals surface area (Å²) in [4.78, 5) is 12.2. The first-order valence-corrected chi connectivity index (χ1v) is 6.12. The minimum Gasteiger partial charge on any atom is -0.367 e. The lowest BCUT2D eigenvalue weighted by molar-refractivity contribution is -0.134. The summed E-state index contributed by atoms with van der Waals surface area (Å²) in [5.41, 5.74) is 4.92. The van der Waals surface area contributed by atoms with E-state index in [1.165, 1.54) is 0 Å². The van der Waals surface area contributed by atoms with Crippen LogP contribution in [0.25, 0.3) is 0 Å². The van der Waals surface area contributed by atoms with Crippen molar-refractivity contribution in [2.45, 2.75) is 52.6 Å². The van der Waals surface area contributed by atoms with Crippen LogP contribution in [0, 0.1) is 0 Å². The van der Waals surface area contributed by atoms with Gasteiger partial charge in [0, 0.05) is 18.3 Å². The van der Waals surface area contributed by atoms with Crippen molar-refractivity contribution in [1.82, 2.24) is 15.8 Å². The maximum absolute atomic E-state index is 12.2. The first kappa shape index (κ1) is 13.0. The van der Waals surface area contributed by atoms with Gasteiger partial charge in [0.05, 0.1) is 0 Å². The van der Waals surface area contributed by atoms with Crippen LogP contribution >= 0.6 is 0 Å². The molecule has 1 atom stereocenters. The van der Waals surface area contributed by atoms with E-state index >= 15 is 0 Å². The summed E-state index contributed by atoms with van der Waals surface area (Å²) in [5, 5.41) is 5.07. The molecule has 0 aromatic heterocycles. The minimum atomic E-state index is 0.0721. The number of carbonyl (C=O) groups is 1. The van der Waals surface area contributed by atoms with Gasteiger partial charge in [-0.05, 0) is 26.2 Å². The molecule has 0 fully saturated rings. The molecule has 4 heteroatoms. The average Bonchev–Trinajstić information content (AvgIpc) is 2.28. The molecule has 1 rings (SSSR count). The van der Waals surface area contributed by atoms with Crippen LogP contribution in [0.15, 0.2) is 11.3 Å². The quantitative estimate of drug-likeness (QED) is 0.749. The summed E-state index contributed by atoms with van der Waals surface area (Å²) in [7, 11) is 1.79. The molecular weight excluding hydrogens is 202 g/mol. The van der Waals surface area contributed by atoms with Crippen molar-refractivity contribution in [2.75, 3.05) is 7.05 Å². The van der Waals surface area contributed by atoms with Gasteiger partial charge in [0.1, 0.15) is 6.17 Å². The maximum atomic E-state index is 12.2. The third kappa shape index (κ3) is 2.55. The topological polar surface area (TPSA) is 44.4 Å². The monoisotopic (exact) mass is 225 g/mol. The van der Waals surface area contributed by atoms with E-state index in [-0.39, 0.29) is 12.1 Å². The van der Waals surface area contributed by atoms with Crippen LogP contribution in [0.2, 0.25) is 0 Å². The smallest absolute Gasteiger partial charge is 0.267 e. The van der Waals surface area contributed by atoms with Gasteiger partial charge in [-0.2, -0.15) is 0 Å².